The number of hydrogen-bond donors (Lipinski definition) is 2. The molecule has 0 aromatic heterocycles. The summed E-state index contributed by atoms with van der Waals surface area (Å²) in [5.74, 6) is -0.330. The average Bonchev–Trinajstić information content (AvgIpc) is 2.15. The fourth-order valence-corrected chi connectivity index (χ4v) is 1.31. The van der Waals surface area contributed by atoms with Gasteiger partial charge in [0.1, 0.15) is 0 Å². The minimum atomic E-state index is -0.342. The van der Waals surface area contributed by atoms with E-state index in [2.05, 4.69) is 5.32 Å². The summed E-state index contributed by atoms with van der Waals surface area (Å²) in [6, 6.07) is -0.338. The van der Waals surface area contributed by atoms with Crippen molar-refractivity contribution in [1.29, 1.82) is 0 Å². The van der Waals surface area contributed by atoms with E-state index in [-0.39, 0.29) is 17.6 Å². The van der Waals surface area contributed by atoms with Crippen molar-refractivity contribution in [3.8, 4) is 0 Å². The van der Waals surface area contributed by atoms with Gasteiger partial charge in [-0.2, -0.15) is 0 Å². The SMILES string of the molecule is COC(C)(C)CC(NCCN(C)C)C(N)=O. The van der Waals surface area contributed by atoms with Crippen LogP contribution in [0.2, 0.25) is 0 Å². The van der Waals surface area contributed by atoms with E-state index < -0.39 is 0 Å². The molecule has 0 saturated carbocycles. The molecule has 0 spiro atoms. The number of nitrogens with zero attached hydrogens (tertiary/aromatic N) is 1. The maximum atomic E-state index is 11.3. The molecule has 0 radical (unpaired) electrons. The van der Waals surface area contributed by atoms with Crippen LogP contribution in [0.15, 0.2) is 0 Å². The lowest BCUT2D eigenvalue weighted by Gasteiger charge is -2.27. The summed E-state index contributed by atoms with van der Waals surface area (Å²) in [7, 11) is 5.61. The van der Waals surface area contributed by atoms with Crippen LogP contribution >= 0.6 is 0 Å². The molecule has 5 nitrogen and oxygen atoms in total. The van der Waals surface area contributed by atoms with Crippen LogP contribution in [-0.2, 0) is 9.53 Å². The smallest absolute Gasteiger partial charge is 0.234 e. The van der Waals surface area contributed by atoms with Crippen LogP contribution in [0, 0.1) is 0 Å². The Balaban J connectivity index is 4.13. The molecule has 1 amide bonds. The standard InChI is InChI=1S/C11H25N3O2/c1-11(2,16-5)8-9(10(12)15)13-6-7-14(3)4/h9,13H,6-8H2,1-5H3,(H2,12,15). The zero-order valence-corrected chi connectivity index (χ0v) is 11.0. The summed E-state index contributed by atoms with van der Waals surface area (Å²) in [5.41, 5.74) is 5.00. The molecule has 0 aliphatic heterocycles. The highest BCUT2D eigenvalue weighted by Gasteiger charge is 2.25. The number of nitrogens with one attached hydrogen (secondary N) is 1. The first-order valence-electron chi connectivity index (χ1n) is 5.51. The van der Waals surface area contributed by atoms with Gasteiger partial charge < -0.3 is 20.7 Å². The molecule has 0 fully saturated rings. The van der Waals surface area contributed by atoms with Gasteiger partial charge in [-0.3, -0.25) is 4.79 Å². The number of hydrogen-bond acceptors (Lipinski definition) is 4. The van der Waals surface area contributed by atoms with E-state index in [4.69, 9.17) is 10.5 Å². The Morgan fingerprint density at radius 3 is 2.44 bits per heavy atom. The highest BCUT2D eigenvalue weighted by Crippen LogP contribution is 2.15. The minimum Gasteiger partial charge on any atom is -0.379 e. The molecule has 0 heterocycles. The molecule has 0 aromatic rings. The highest BCUT2D eigenvalue weighted by atomic mass is 16.5. The van der Waals surface area contributed by atoms with E-state index in [0.29, 0.717) is 6.42 Å². The summed E-state index contributed by atoms with van der Waals surface area (Å²) in [6.45, 7) is 5.49. The second-order valence-corrected chi connectivity index (χ2v) is 4.88. The van der Waals surface area contributed by atoms with Crippen molar-refractivity contribution in [3.63, 3.8) is 0 Å². The first kappa shape index (κ1) is 15.3. The van der Waals surface area contributed by atoms with Crippen LogP contribution in [0.1, 0.15) is 20.3 Å². The number of nitrogens with two attached hydrogens (primary N) is 1. The number of methoxy groups -OCH3 is 1. The van der Waals surface area contributed by atoms with Gasteiger partial charge in [-0.05, 0) is 27.9 Å². The molecule has 0 aromatic carbocycles. The van der Waals surface area contributed by atoms with Crippen molar-refractivity contribution in [2.45, 2.75) is 31.9 Å². The Morgan fingerprint density at radius 2 is 2.06 bits per heavy atom. The van der Waals surface area contributed by atoms with Crippen molar-refractivity contribution in [2.75, 3.05) is 34.3 Å². The summed E-state index contributed by atoms with van der Waals surface area (Å²) in [5, 5.41) is 3.14. The lowest BCUT2D eigenvalue weighted by molar-refractivity contribution is -0.121. The predicted octanol–water partition coefficient (Wildman–Crippen LogP) is -0.193. The second-order valence-electron chi connectivity index (χ2n) is 4.88. The number of carbonyl (C=O) groups excluding carboxylic acids is 1. The van der Waals surface area contributed by atoms with Crippen LogP contribution in [0.3, 0.4) is 0 Å². The Kier molecular flexibility index (Phi) is 6.55. The van der Waals surface area contributed by atoms with E-state index in [1.165, 1.54) is 0 Å². The van der Waals surface area contributed by atoms with Crippen LogP contribution in [-0.4, -0.2) is 56.7 Å². The highest BCUT2D eigenvalue weighted by molar-refractivity contribution is 5.79. The van der Waals surface area contributed by atoms with Gasteiger partial charge in [0.2, 0.25) is 5.91 Å². The summed E-state index contributed by atoms with van der Waals surface area (Å²) in [4.78, 5) is 13.3. The van der Waals surface area contributed by atoms with Gasteiger partial charge in [-0.15, -0.1) is 0 Å². The monoisotopic (exact) mass is 231 g/mol. The van der Waals surface area contributed by atoms with E-state index >= 15 is 0 Å². The number of amides is 1. The molecular weight excluding hydrogens is 206 g/mol. The Bertz CT molecular complexity index is 217. The van der Waals surface area contributed by atoms with Crippen molar-refractivity contribution in [1.82, 2.24) is 10.2 Å². The molecule has 1 atom stereocenters. The molecule has 0 aliphatic rings. The molecule has 1 unspecified atom stereocenters. The number of ether oxygens (including phenoxy) is 1. The molecule has 0 saturated heterocycles. The largest absolute Gasteiger partial charge is 0.379 e. The molecule has 16 heavy (non-hydrogen) atoms. The second kappa shape index (κ2) is 6.83. The van der Waals surface area contributed by atoms with Gasteiger partial charge in [0.15, 0.2) is 0 Å². The number of primary amides is 1. The molecular formula is C11H25N3O2. The first-order valence-corrected chi connectivity index (χ1v) is 5.51. The number of rotatable bonds is 8. The third-order valence-corrected chi connectivity index (χ3v) is 2.54. The van der Waals surface area contributed by atoms with Crippen molar-refractivity contribution < 1.29 is 9.53 Å². The summed E-state index contributed by atoms with van der Waals surface area (Å²) < 4.78 is 5.29. The van der Waals surface area contributed by atoms with Gasteiger partial charge in [0, 0.05) is 26.6 Å². The molecule has 3 N–H and O–H groups in total. The van der Waals surface area contributed by atoms with Crippen molar-refractivity contribution >= 4 is 5.91 Å². The zero-order chi connectivity index (χ0) is 12.8. The maximum Gasteiger partial charge on any atom is 0.234 e. The molecule has 96 valence electrons. The normalized spacial score (nSPS) is 14.1. The third-order valence-electron chi connectivity index (χ3n) is 2.54. The topological polar surface area (TPSA) is 67.6 Å². The lowest BCUT2D eigenvalue weighted by atomic mass is 9.98. The zero-order valence-electron chi connectivity index (χ0n) is 11.0. The van der Waals surface area contributed by atoms with Crippen LogP contribution in [0.4, 0.5) is 0 Å². The molecule has 5 heteroatoms. The molecule has 0 aliphatic carbocycles. The van der Waals surface area contributed by atoms with Gasteiger partial charge >= 0.3 is 0 Å². The molecule has 0 bridgehead atoms. The minimum absolute atomic E-state index is 0.330. The molecule has 0 rings (SSSR count). The fourth-order valence-electron chi connectivity index (χ4n) is 1.31. The van der Waals surface area contributed by atoms with Crippen molar-refractivity contribution in [2.24, 2.45) is 5.73 Å². The van der Waals surface area contributed by atoms with Crippen LogP contribution in [0.5, 0.6) is 0 Å². The van der Waals surface area contributed by atoms with Gasteiger partial charge in [-0.25, -0.2) is 0 Å². The van der Waals surface area contributed by atoms with Gasteiger partial charge in [0.25, 0.3) is 0 Å². The van der Waals surface area contributed by atoms with Crippen LogP contribution in [0.25, 0.3) is 0 Å². The summed E-state index contributed by atoms with van der Waals surface area (Å²) >= 11 is 0. The Hall–Kier alpha value is -0.650. The first-order chi connectivity index (χ1) is 7.28. The van der Waals surface area contributed by atoms with E-state index in [1.54, 1.807) is 7.11 Å². The third kappa shape index (κ3) is 6.76. The Labute approximate surface area is 98.3 Å². The van der Waals surface area contributed by atoms with E-state index in [9.17, 15) is 4.79 Å². The van der Waals surface area contributed by atoms with E-state index in [1.807, 2.05) is 32.8 Å². The maximum absolute atomic E-state index is 11.3. The fraction of sp³-hybridized carbons (Fsp3) is 0.909. The van der Waals surface area contributed by atoms with Gasteiger partial charge in [0.05, 0.1) is 11.6 Å². The number of carbonyl (C=O) groups is 1. The van der Waals surface area contributed by atoms with Gasteiger partial charge in [-0.1, -0.05) is 0 Å². The predicted molar refractivity (Wildman–Crippen MR) is 65.2 cm³/mol. The average molecular weight is 231 g/mol. The quantitative estimate of drug-likeness (QED) is 0.607. The summed E-state index contributed by atoms with van der Waals surface area (Å²) in [6.07, 6.45) is 0.576. The van der Waals surface area contributed by atoms with Crippen molar-refractivity contribution in [3.05, 3.63) is 0 Å². The van der Waals surface area contributed by atoms with Crippen LogP contribution < -0.4 is 11.1 Å². The Morgan fingerprint density at radius 1 is 1.50 bits per heavy atom. The number of likely N-dealkylation sites (N-methyl/N-ethyl adjacent to an activating group) is 1. The lowest BCUT2D eigenvalue weighted by Crippen LogP contribution is -2.47. The van der Waals surface area contributed by atoms with E-state index in [0.717, 1.165) is 13.1 Å².